The number of amides is 1. The van der Waals surface area contributed by atoms with Gasteiger partial charge in [0.1, 0.15) is 18.0 Å². The fourth-order valence-corrected chi connectivity index (χ4v) is 1.99. The minimum Gasteiger partial charge on any atom is -0.384 e. The van der Waals surface area contributed by atoms with Crippen molar-refractivity contribution >= 4 is 5.91 Å². The molecule has 2 unspecified atom stereocenters. The molecule has 0 saturated carbocycles. The van der Waals surface area contributed by atoms with E-state index in [0.717, 1.165) is 5.56 Å². The van der Waals surface area contributed by atoms with Crippen molar-refractivity contribution in [3.63, 3.8) is 0 Å². The van der Waals surface area contributed by atoms with Crippen molar-refractivity contribution in [2.75, 3.05) is 19.7 Å². The predicted molar refractivity (Wildman–Crippen MR) is 63.4 cm³/mol. The van der Waals surface area contributed by atoms with Crippen molar-refractivity contribution in [1.82, 2.24) is 4.90 Å². The SMILES string of the molecule is CC(O)C(=O)N1CCOC(c2ccc(F)cc2)C1. The Morgan fingerprint density at radius 3 is 2.78 bits per heavy atom. The zero-order valence-corrected chi connectivity index (χ0v) is 10.2. The van der Waals surface area contributed by atoms with E-state index in [0.29, 0.717) is 19.7 Å². The first-order valence-corrected chi connectivity index (χ1v) is 5.92. The number of rotatable bonds is 2. The van der Waals surface area contributed by atoms with E-state index < -0.39 is 6.10 Å². The van der Waals surface area contributed by atoms with Crippen molar-refractivity contribution in [2.24, 2.45) is 0 Å². The van der Waals surface area contributed by atoms with E-state index in [1.54, 1.807) is 17.0 Å². The van der Waals surface area contributed by atoms with Crippen molar-refractivity contribution in [2.45, 2.75) is 19.1 Å². The summed E-state index contributed by atoms with van der Waals surface area (Å²) < 4.78 is 18.4. The number of carbonyl (C=O) groups is 1. The molecular weight excluding hydrogens is 237 g/mol. The van der Waals surface area contributed by atoms with Gasteiger partial charge in [-0.25, -0.2) is 4.39 Å². The number of hydrogen-bond acceptors (Lipinski definition) is 3. The molecule has 0 bridgehead atoms. The number of nitrogens with zero attached hydrogens (tertiary/aromatic N) is 1. The van der Waals surface area contributed by atoms with Gasteiger partial charge >= 0.3 is 0 Å². The van der Waals surface area contributed by atoms with Crippen LogP contribution in [0.1, 0.15) is 18.6 Å². The number of hydrogen-bond donors (Lipinski definition) is 1. The van der Waals surface area contributed by atoms with Crippen LogP contribution in [-0.2, 0) is 9.53 Å². The predicted octanol–water partition coefficient (Wildman–Crippen LogP) is 1.11. The van der Waals surface area contributed by atoms with Gasteiger partial charge in [-0.3, -0.25) is 4.79 Å². The van der Waals surface area contributed by atoms with Gasteiger partial charge in [0.25, 0.3) is 5.91 Å². The Labute approximate surface area is 105 Å². The zero-order chi connectivity index (χ0) is 13.1. The van der Waals surface area contributed by atoms with Crippen molar-refractivity contribution in [3.8, 4) is 0 Å². The monoisotopic (exact) mass is 253 g/mol. The molecule has 1 aromatic carbocycles. The second-order valence-electron chi connectivity index (χ2n) is 4.37. The number of ether oxygens (including phenoxy) is 1. The van der Waals surface area contributed by atoms with Crippen LogP contribution < -0.4 is 0 Å². The van der Waals surface area contributed by atoms with Crippen LogP contribution in [0.15, 0.2) is 24.3 Å². The molecule has 1 fully saturated rings. The molecule has 1 aliphatic heterocycles. The first kappa shape index (κ1) is 13.0. The van der Waals surface area contributed by atoms with Gasteiger partial charge in [0.2, 0.25) is 0 Å². The second-order valence-corrected chi connectivity index (χ2v) is 4.37. The summed E-state index contributed by atoms with van der Waals surface area (Å²) in [6.07, 6.45) is -1.26. The lowest BCUT2D eigenvalue weighted by atomic mass is 10.1. The van der Waals surface area contributed by atoms with Crippen LogP contribution in [-0.4, -0.2) is 41.7 Å². The van der Waals surface area contributed by atoms with Gasteiger partial charge in [0.15, 0.2) is 0 Å². The molecule has 1 N–H and O–H groups in total. The van der Waals surface area contributed by atoms with E-state index in [-0.39, 0.29) is 17.8 Å². The molecule has 1 amide bonds. The van der Waals surface area contributed by atoms with Gasteiger partial charge in [0, 0.05) is 6.54 Å². The van der Waals surface area contributed by atoms with Crippen LogP contribution in [0.5, 0.6) is 0 Å². The van der Waals surface area contributed by atoms with Crippen LogP contribution in [0.4, 0.5) is 4.39 Å². The Morgan fingerprint density at radius 2 is 2.17 bits per heavy atom. The molecule has 2 rings (SSSR count). The van der Waals surface area contributed by atoms with Crippen molar-refractivity contribution in [3.05, 3.63) is 35.6 Å². The van der Waals surface area contributed by atoms with E-state index in [1.165, 1.54) is 19.1 Å². The smallest absolute Gasteiger partial charge is 0.251 e. The summed E-state index contributed by atoms with van der Waals surface area (Å²) in [7, 11) is 0. The Morgan fingerprint density at radius 1 is 1.50 bits per heavy atom. The van der Waals surface area contributed by atoms with E-state index in [1.807, 2.05) is 0 Å². The fourth-order valence-electron chi connectivity index (χ4n) is 1.99. The molecule has 5 heteroatoms. The molecule has 1 aromatic rings. The third-order valence-corrected chi connectivity index (χ3v) is 2.98. The lowest BCUT2D eigenvalue weighted by Crippen LogP contribution is -2.45. The summed E-state index contributed by atoms with van der Waals surface area (Å²) in [4.78, 5) is 13.3. The van der Waals surface area contributed by atoms with Crippen LogP contribution in [0, 0.1) is 5.82 Å². The largest absolute Gasteiger partial charge is 0.384 e. The Balaban J connectivity index is 2.07. The fraction of sp³-hybridized carbons (Fsp3) is 0.462. The summed E-state index contributed by atoms with van der Waals surface area (Å²) in [5, 5.41) is 9.28. The van der Waals surface area contributed by atoms with Crippen LogP contribution in [0.2, 0.25) is 0 Å². The molecule has 0 aliphatic carbocycles. The van der Waals surface area contributed by atoms with Gasteiger partial charge in [-0.15, -0.1) is 0 Å². The minimum atomic E-state index is -1.00. The molecule has 18 heavy (non-hydrogen) atoms. The summed E-state index contributed by atoms with van der Waals surface area (Å²) in [5.74, 6) is -0.600. The van der Waals surface area contributed by atoms with E-state index in [4.69, 9.17) is 4.74 Å². The molecule has 0 aromatic heterocycles. The first-order chi connectivity index (χ1) is 8.58. The van der Waals surface area contributed by atoms with Gasteiger partial charge in [-0.2, -0.15) is 0 Å². The van der Waals surface area contributed by atoms with Crippen LogP contribution in [0.25, 0.3) is 0 Å². The highest BCUT2D eigenvalue weighted by Gasteiger charge is 2.27. The molecular formula is C13H16FNO3. The Hall–Kier alpha value is -1.46. The summed E-state index contributed by atoms with van der Waals surface area (Å²) in [6.45, 7) is 2.72. The maximum atomic E-state index is 12.8. The number of benzene rings is 1. The van der Waals surface area contributed by atoms with Crippen molar-refractivity contribution in [1.29, 1.82) is 0 Å². The highest BCUT2D eigenvalue weighted by molar-refractivity contribution is 5.80. The third kappa shape index (κ3) is 2.86. The van der Waals surface area contributed by atoms with Crippen LogP contribution in [0.3, 0.4) is 0 Å². The van der Waals surface area contributed by atoms with Crippen molar-refractivity contribution < 1.29 is 19.0 Å². The summed E-state index contributed by atoms with van der Waals surface area (Å²) in [6, 6.07) is 6.04. The summed E-state index contributed by atoms with van der Waals surface area (Å²) >= 11 is 0. The maximum absolute atomic E-state index is 12.8. The molecule has 1 saturated heterocycles. The minimum absolute atomic E-state index is 0.262. The standard InChI is InChI=1S/C13H16FNO3/c1-9(16)13(17)15-6-7-18-12(8-15)10-2-4-11(14)5-3-10/h2-5,9,12,16H,6-8H2,1H3. The van der Waals surface area contributed by atoms with E-state index >= 15 is 0 Å². The number of aliphatic hydroxyl groups excluding tert-OH is 1. The Bertz CT molecular complexity index is 419. The normalized spacial score (nSPS) is 21.7. The number of halogens is 1. The average molecular weight is 253 g/mol. The number of morpholine rings is 1. The van der Waals surface area contributed by atoms with E-state index in [9.17, 15) is 14.3 Å². The average Bonchev–Trinajstić information content (AvgIpc) is 2.38. The molecule has 1 heterocycles. The number of aliphatic hydroxyl groups is 1. The molecule has 0 spiro atoms. The lowest BCUT2D eigenvalue weighted by molar-refractivity contribution is -0.147. The zero-order valence-electron chi connectivity index (χ0n) is 10.2. The molecule has 0 radical (unpaired) electrons. The topological polar surface area (TPSA) is 49.8 Å². The molecule has 1 aliphatic rings. The third-order valence-electron chi connectivity index (χ3n) is 2.98. The highest BCUT2D eigenvalue weighted by Crippen LogP contribution is 2.22. The first-order valence-electron chi connectivity index (χ1n) is 5.92. The van der Waals surface area contributed by atoms with E-state index in [2.05, 4.69) is 0 Å². The molecule has 4 nitrogen and oxygen atoms in total. The van der Waals surface area contributed by atoms with Gasteiger partial charge < -0.3 is 14.7 Å². The maximum Gasteiger partial charge on any atom is 0.251 e. The molecule has 2 atom stereocenters. The number of carbonyl (C=O) groups excluding carboxylic acids is 1. The van der Waals surface area contributed by atoms with Gasteiger partial charge in [0.05, 0.1) is 13.2 Å². The summed E-state index contributed by atoms with van der Waals surface area (Å²) in [5.41, 5.74) is 0.833. The lowest BCUT2D eigenvalue weighted by Gasteiger charge is -2.33. The van der Waals surface area contributed by atoms with Crippen LogP contribution >= 0.6 is 0 Å². The second kappa shape index (κ2) is 5.46. The highest BCUT2D eigenvalue weighted by atomic mass is 19.1. The quantitative estimate of drug-likeness (QED) is 0.859. The van der Waals surface area contributed by atoms with Gasteiger partial charge in [-0.1, -0.05) is 12.1 Å². The van der Waals surface area contributed by atoms with Gasteiger partial charge in [-0.05, 0) is 24.6 Å². The Kier molecular flexibility index (Phi) is 3.93. The molecule has 98 valence electrons.